The first-order valence-corrected chi connectivity index (χ1v) is 7.58. The van der Waals surface area contributed by atoms with Crippen LogP contribution in [0.2, 0.25) is 0 Å². The molecule has 0 aromatic heterocycles. The van der Waals surface area contributed by atoms with E-state index >= 15 is 0 Å². The van der Waals surface area contributed by atoms with Crippen LogP contribution in [0.5, 0.6) is 0 Å². The Bertz CT molecular complexity index is 438. The molecule has 2 rings (SSSR count). The van der Waals surface area contributed by atoms with E-state index in [0.29, 0.717) is 32.2 Å². The lowest BCUT2D eigenvalue weighted by atomic mass is 10.0. The smallest absolute Gasteiger partial charge is 0.307 e. The Kier molecular flexibility index (Phi) is 4.04. The van der Waals surface area contributed by atoms with Crippen molar-refractivity contribution in [3.05, 3.63) is 12.2 Å². The summed E-state index contributed by atoms with van der Waals surface area (Å²) in [5, 5.41) is 8.95. The van der Waals surface area contributed by atoms with Crippen LogP contribution >= 0.6 is 0 Å². The summed E-state index contributed by atoms with van der Waals surface area (Å²) < 4.78 is 28.1. The Balaban J connectivity index is 1.98. The first-order chi connectivity index (χ1) is 8.49. The molecule has 1 saturated heterocycles. The van der Waals surface area contributed by atoms with Crippen LogP contribution in [0, 0.1) is 5.92 Å². The molecule has 0 amide bonds. The molecule has 2 aliphatic rings. The molecule has 1 atom stereocenters. The first kappa shape index (κ1) is 13.5. The predicted octanol–water partition coefficient (Wildman–Crippen LogP) is 0.336. The second-order valence-corrected chi connectivity index (χ2v) is 6.50. The van der Waals surface area contributed by atoms with E-state index in [9.17, 15) is 13.2 Å². The van der Waals surface area contributed by atoms with Crippen molar-refractivity contribution < 1.29 is 18.3 Å². The topological polar surface area (TPSA) is 86.7 Å². The third kappa shape index (κ3) is 3.09. The quantitative estimate of drug-likeness (QED) is 0.724. The second kappa shape index (κ2) is 5.38. The molecule has 0 aromatic carbocycles. The van der Waals surface area contributed by atoms with E-state index in [2.05, 4.69) is 4.72 Å². The molecule has 7 heteroatoms. The van der Waals surface area contributed by atoms with Crippen molar-refractivity contribution in [2.24, 2.45) is 5.92 Å². The zero-order chi connectivity index (χ0) is 13.2. The van der Waals surface area contributed by atoms with Crippen LogP contribution in [-0.2, 0) is 15.0 Å². The van der Waals surface area contributed by atoms with Crippen LogP contribution in [0.3, 0.4) is 0 Å². The molecule has 0 radical (unpaired) electrons. The number of nitrogens with one attached hydrogen (secondary N) is 1. The largest absolute Gasteiger partial charge is 0.481 e. The molecule has 18 heavy (non-hydrogen) atoms. The summed E-state index contributed by atoms with van der Waals surface area (Å²) in [4.78, 5) is 10.9. The lowest BCUT2D eigenvalue weighted by molar-refractivity contribution is -0.142. The van der Waals surface area contributed by atoms with Crippen molar-refractivity contribution in [2.75, 3.05) is 13.1 Å². The summed E-state index contributed by atoms with van der Waals surface area (Å²) in [6, 6.07) is -0.0831. The zero-order valence-electron chi connectivity index (χ0n) is 10.1. The van der Waals surface area contributed by atoms with Crippen LogP contribution in [0.1, 0.15) is 25.7 Å². The third-order valence-corrected chi connectivity index (χ3v) is 5.04. The summed E-state index contributed by atoms with van der Waals surface area (Å²) in [5.74, 6) is -1.51. The molecule has 1 fully saturated rings. The number of piperidine rings is 1. The highest BCUT2D eigenvalue weighted by Crippen LogP contribution is 2.20. The normalized spacial score (nSPS) is 26.6. The Morgan fingerprint density at radius 2 is 2.00 bits per heavy atom. The molecule has 102 valence electrons. The fraction of sp³-hybridized carbons (Fsp3) is 0.727. The van der Waals surface area contributed by atoms with E-state index in [1.165, 1.54) is 4.31 Å². The van der Waals surface area contributed by atoms with Gasteiger partial charge in [-0.25, -0.2) is 0 Å². The van der Waals surface area contributed by atoms with Gasteiger partial charge in [0.15, 0.2) is 0 Å². The number of carboxylic acid groups (broad SMARTS) is 1. The number of hydrogen-bond donors (Lipinski definition) is 2. The second-order valence-electron chi connectivity index (χ2n) is 4.80. The summed E-state index contributed by atoms with van der Waals surface area (Å²) in [7, 11) is -3.55. The molecule has 1 aliphatic carbocycles. The highest BCUT2D eigenvalue weighted by molar-refractivity contribution is 7.87. The molecule has 1 aliphatic heterocycles. The van der Waals surface area contributed by atoms with E-state index in [0.717, 1.165) is 0 Å². The summed E-state index contributed by atoms with van der Waals surface area (Å²) >= 11 is 0. The van der Waals surface area contributed by atoms with Gasteiger partial charge in [-0.1, -0.05) is 12.2 Å². The molecular formula is C11H18N2O4S. The van der Waals surface area contributed by atoms with Gasteiger partial charge in [-0.15, -0.1) is 0 Å². The number of hydrogen-bond acceptors (Lipinski definition) is 3. The summed E-state index contributed by atoms with van der Waals surface area (Å²) in [5.41, 5.74) is 0. The van der Waals surface area contributed by atoms with E-state index in [-0.39, 0.29) is 12.6 Å². The van der Waals surface area contributed by atoms with Crippen molar-refractivity contribution in [1.29, 1.82) is 0 Å². The van der Waals surface area contributed by atoms with Gasteiger partial charge in [0.2, 0.25) is 0 Å². The van der Waals surface area contributed by atoms with E-state index in [4.69, 9.17) is 5.11 Å². The zero-order valence-corrected chi connectivity index (χ0v) is 10.9. The van der Waals surface area contributed by atoms with Crippen molar-refractivity contribution in [2.45, 2.75) is 31.7 Å². The molecule has 0 bridgehead atoms. The SMILES string of the molecule is O=C(O)C1CCCN(S(=O)(=O)NC2CC=CC2)C1. The number of carbonyl (C=O) groups is 1. The Morgan fingerprint density at radius 1 is 1.33 bits per heavy atom. The molecule has 1 unspecified atom stereocenters. The standard InChI is InChI=1S/C11H18N2O4S/c14-11(15)9-4-3-7-13(8-9)18(16,17)12-10-5-1-2-6-10/h1-2,9-10,12H,3-8H2,(H,14,15). The van der Waals surface area contributed by atoms with Crippen molar-refractivity contribution in [1.82, 2.24) is 9.03 Å². The molecular weight excluding hydrogens is 256 g/mol. The average molecular weight is 274 g/mol. The maximum Gasteiger partial charge on any atom is 0.307 e. The third-order valence-electron chi connectivity index (χ3n) is 3.40. The van der Waals surface area contributed by atoms with E-state index in [1.54, 1.807) is 0 Å². The van der Waals surface area contributed by atoms with E-state index in [1.807, 2.05) is 12.2 Å². The summed E-state index contributed by atoms with van der Waals surface area (Å²) in [6.07, 6.45) is 6.45. The maximum atomic E-state index is 12.1. The number of carboxylic acids is 1. The molecule has 1 heterocycles. The van der Waals surface area contributed by atoms with Gasteiger partial charge in [-0.3, -0.25) is 4.79 Å². The highest BCUT2D eigenvalue weighted by atomic mass is 32.2. The van der Waals surface area contributed by atoms with Crippen LogP contribution in [-0.4, -0.2) is 42.9 Å². The van der Waals surface area contributed by atoms with Gasteiger partial charge in [-0.05, 0) is 25.7 Å². The molecule has 0 aromatic rings. The van der Waals surface area contributed by atoms with Crippen LogP contribution in [0.25, 0.3) is 0 Å². The fourth-order valence-electron chi connectivity index (χ4n) is 2.36. The number of rotatable bonds is 4. The van der Waals surface area contributed by atoms with Gasteiger partial charge in [0.1, 0.15) is 0 Å². The molecule has 0 spiro atoms. The van der Waals surface area contributed by atoms with Gasteiger partial charge in [-0.2, -0.15) is 17.4 Å². The lowest BCUT2D eigenvalue weighted by Crippen LogP contribution is -2.49. The van der Waals surface area contributed by atoms with Gasteiger partial charge in [0.25, 0.3) is 10.2 Å². The van der Waals surface area contributed by atoms with Gasteiger partial charge in [0, 0.05) is 19.1 Å². The lowest BCUT2D eigenvalue weighted by Gasteiger charge is -2.30. The molecule has 0 saturated carbocycles. The Morgan fingerprint density at radius 3 is 2.61 bits per heavy atom. The minimum absolute atomic E-state index is 0.0742. The van der Waals surface area contributed by atoms with Crippen molar-refractivity contribution in [3.8, 4) is 0 Å². The van der Waals surface area contributed by atoms with Crippen LogP contribution in [0.4, 0.5) is 0 Å². The van der Waals surface area contributed by atoms with Crippen LogP contribution in [0.15, 0.2) is 12.2 Å². The van der Waals surface area contributed by atoms with Gasteiger partial charge in [0.05, 0.1) is 5.92 Å². The Labute approximate surface area is 107 Å². The monoisotopic (exact) mass is 274 g/mol. The van der Waals surface area contributed by atoms with Crippen LogP contribution < -0.4 is 4.72 Å². The van der Waals surface area contributed by atoms with Crippen molar-refractivity contribution >= 4 is 16.2 Å². The van der Waals surface area contributed by atoms with Crippen molar-refractivity contribution in [3.63, 3.8) is 0 Å². The average Bonchev–Trinajstić information content (AvgIpc) is 2.81. The maximum absolute atomic E-state index is 12.1. The summed E-state index contributed by atoms with van der Waals surface area (Å²) in [6.45, 7) is 0.476. The van der Waals surface area contributed by atoms with Gasteiger partial charge < -0.3 is 5.11 Å². The Hall–Kier alpha value is -0.920. The first-order valence-electron chi connectivity index (χ1n) is 6.14. The minimum Gasteiger partial charge on any atom is -0.481 e. The minimum atomic E-state index is -3.55. The highest BCUT2D eigenvalue weighted by Gasteiger charge is 2.33. The molecule has 6 nitrogen and oxygen atoms in total. The fourth-order valence-corrected chi connectivity index (χ4v) is 3.87. The van der Waals surface area contributed by atoms with E-state index < -0.39 is 22.1 Å². The number of nitrogens with zero attached hydrogens (tertiary/aromatic N) is 1. The predicted molar refractivity (Wildman–Crippen MR) is 66.2 cm³/mol. The van der Waals surface area contributed by atoms with Gasteiger partial charge >= 0.3 is 5.97 Å². The molecule has 2 N–H and O–H groups in total. The number of aliphatic carboxylic acids is 1.